The van der Waals surface area contributed by atoms with Crippen LogP contribution in [0.15, 0.2) is 66.7 Å². The molecule has 0 spiro atoms. The molecule has 208 valence electrons. The summed E-state index contributed by atoms with van der Waals surface area (Å²) in [4.78, 5) is 42.3. The second-order valence-corrected chi connectivity index (χ2v) is 10.9. The summed E-state index contributed by atoms with van der Waals surface area (Å²) in [7, 11) is 0. The number of anilines is 2. The smallest absolute Gasteiger partial charge is 0.269 e. The predicted molar refractivity (Wildman–Crippen MR) is 154 cm³/mol. The molecule has 0 atom stereocenters. The van der Waals surface area contributed by atoms with Gasteiger partial charge in [0.2, 0.25) is 0 Å². The van der Waals surface area contributed by atoms with Crippen molar-refractivity contribution in [3.05, 3.63) is 93.5 Å². The first kappa shape index (κ1) is 27.2. The number of nitro benzene ring substituents is 1. The van der Waals surface area contributed by atoms with Crippen molar-refractivity contribution in [1.29, 1.82) is 0 Å². The van der Waals surface area contributed by atoms with Crippen LogP contribution in [0.1, 0.15) is 48.7 Å². The normalized spacial score (nSPS) is 15.5. The summed E-state index contributed by atoms with van der Waals surface area (Å²) in [5.74, 6) is 0.578. The van der Waals surface area contributed by atoms with E-state index >= 15 is 0 Å². The molecule has 2 aliphatic heterocycles. The number of benzene rings is 3. The van der Waals surface area contributed by atoms with Crippen molar-refractivity contribution in [3.8, 4) is 5.75 Å². The van der Waals surface area contributed by atoms with E-state index in [1.807, 2.05) is 35.2 Å². The van der Waals surface area contributed by atoms with Gasteiger partial charge in [0.1, 0.15) is 5.75 Å². The maximum Gasteiger partial charge on any atom is 0.269 e. The molecule has 0 aliphatic carbocycles. The van der Waals surface area contributed by atoms with Gasteiger partial charge in [-0.15, -0.1) is 0 Å². The third-order valence-electron chi connectivity index (χ3n) is 8.10. The standard InChI is InChI=1S/C31H34N4O5/c1-4-31(2,3)24-9-14-28-27(19-24)34(29(36)21-40-28)20-22-5-7-23(8-6-22)30(37)33-17-15-32(16-18-33)25-10-12-26(13-11-25)35(38)39/h5-14,19H,4,15-18,20-21H2,1-3H3. The molecule has 0 N–H and O–H groups in total. The Morgan fingerprint density at radius 2 is 1.65 bits per heavy atom. The molecule has 40 heavy (non-hydrogen) atoms. The number of non-ortho nitro benzene ring substituents is 1. The van der Waals surface area contributed by atoms with E-state index in [1.54, 1.807) is 17.0 Å². The lowest BCUT2D eigenvalue weighted by atomic mass is 9.82. The van der Waals surface area contributed by atoms with Gasteiger partial charge in [-0.25, -0.2) is 0 Å². The number of nitro groups is 1. The fraction of sp³-hybridized carbons (Fsp3) is 0.355. The highest BCUT2D eigenvalue weighted by atomic mass is 16.6. The Hall–Kier alpha value is -4.40. The summed E-state index contributed by atoms with van der Waals surface area (Å²) in [5, 5.41) is 10.9. The van der Waals surface area contributed by atoms with Crippen molar-refractivity contribution in [2.75, 3.05) is 42.6 Å². The van der Waals surface area contributed by atoms with Gasteiger partial charge in [0, 0.05) is 49.6 Å². The molecule has 0 aromatic heterocycles. The van der Waals surface area contributed by atoms with Gasteiger partial charge >= 0.3 is 0 Å². The molecule has 2 aliphatic rings. The number of carbonyl (C=O) groups excluding carboxylic acids is 2. The fourth-order valence-electron chi connectivity index (χ4n) is 5.07. The second kappa shape index (κ2) is 11.0. The topological polar surface area (TPSA) is 96.2 Å². The monoisotopic (exact) mass is 542 g/mol. The second-order valence-electron chi connectivity index (χ2n) is 10.9. The van der Waals surface area contributed by atoms with Crippen LogP contribution in [0.5, 0.6) is 5.75 Å². The number of fused-ring (bicyclic) bond motifs is 1. The van der Waals surface area contributed by atoms with Gasteiger partial charge in [-0.05, 0) is 59.4 Å². The number of rotatable bonds is 7. The number of piperazine rings is 1. The Morgan fingerprint density at radius 3 is 2.27 bits per heavy atom. The van der Waals surface area contributed by atoms with Crippen LogP contribution in [0.3, 0.4) is 0 Å². The van der Waals surface area contributed by atoms with Crippen LogP contribution in [-0.2, 0) is 16.8 Å². The molecule has 1 saturated heterocycles. The summed E-state index contributed by atoms with van der Waals surface area (Å²) >= 11 is 0. The van der Waals surface area contributed by atoms with Gasteiger partial charge in [-0.1, -0.05) is 39.0 Å². The van der Waals surface area contributed by atoms with E-state index < -0.39 is 4.92 Å². The summed E-state index contributed by atoms with van der Waals surface area (Å²) in [6.07, 6.45) is 0.974. The number of amides is 2. The maximum absolute atomic E-state index is 13.2. The molecule has 5 rings (SSSR count). The molecule has 1 fully saturated rings. The summed E-state index contributed by atoms with van der Waals surface area (Å²) < 4.78 is 5.70. The molecule has 2 amide bonds. The molecule has 2 heterocycles. The first-order valence-electron chi connectivity index (χ1n) is 13.6. The minimum atomic E-state index is -0.409. The number of ether oxygens (including phenoxy) is 1. The summed E-state index contributed by atoms with van der Waals surface area (Å²) in [5.41, 5.74) is 4.43. The van der Waals surface area contributed by atoms with E-state index in [4.69, 9.17) is 4.74 Å². The van der Waals surface area contributed by atoms with E-state index in [-0.39, 0.29) is 29.5 Å². The van der Waals surface area contributed by atoms with E-state index in [1.165, 1.54) is 12.1 Å². The molecule has 0 unspecified atom stereocenters. The van der Waals surface area contributed by atoms with Crippen molar-refractivity contribution in [3.63, 3.8) is 0 Å². The zero-order valence-electron chi connectivity index (χ0n) is 23.1. The van der Waals surface area contributed by atoms with E-state index in [2.05, 4.69) is 37.8 Å². The predicted octanol–water partition coefficient (Wildman–Crippen LogP) is 5.17. The first-order valence-corrected chi connectivity index (χ1v) is 13.6. The van der Waals surface area contributed by atoms with Gasteiger partial charge in [0.15, 0.2) is 6.61 Å². The maximum atomic E-state index is 13.2. The van der Waals surface area contributed by atoms with Gasteiger partial charge < -0.3 is 19.4 Å². The van der Waals surface area contributed by atoms with Crippen molar-refractivity contribution >= 4 is 28.9 Å². The number of hydrogen-bond acceptors (Lipinski definition) is 6. The molecule has 9 heteroatoms. The lowest BCUT2D eigenvalue weighted by Crippen LogP contribution is -2.48. The summed E-state index contributed by atoms with van der Waals surface area (Å²) in [6.45, 7) is 9.36. The lowest BCUT2D eigenvalue weighted by Gasteiger charge is -2.36. The molecule has 0 bridgehead atoms. The van der Waals surface area contributed by atoms with Crippen LogP contribution in [0.2, 0.25) is 0 Å². The molecular formula is C31H34N4O5. The molecule has 3 aromatic carbocycles. The highest BCUT2D eigenvalue weighted by Gasteiger charge is 2.29. The van der Waals surface area contributed by atoms with Crippen LogP contribution < -0.4 is 14.5 Å². The molecule has 0 radical (unpaired) electrons. The van der Waals surface area contributed by atoms with Crippen LogP contribution in [0, 0.1) is 10.1 Å². The number of carbonyl (C=O) groups is 2. The highest BCUT2D eigenvalue weighted by molar-refractivity contribution is 5.98. The van der Waals surface area contributed by atoms with Gasteiger partial charge in [-0.3, -0.25) is 19.7 Å². The minimum absolute atomic E-state index is 0.00589. The number of nitrogens with zero attached hydrogens (tertiary/aromatic N) is 4. The van der Waals surface area contributed by atoms with Crippen LogP contribution in [0.4, 0.5) is 17.1 Å². The average molecular weight is 543 g/mol. The molecule has 0 saturated carbocycles. The van der Waals surface area contributed by atoms with Crippen molar-refractivity contribution in [1.82, 2.24) is 4.90 Å². The first-order chi connectivity index (χ1) is 19.2. The van der Waals surface area contributed by atoms with Crippen molar-refractivity contribution in [2.24, 2.45) is 0 Å². The Kier molecular flexibility index (Phi) is 7.47. The summed E-state index contributed by atoms with van der Waals surface area (Å²) in [6, 6.07) is 20.0. The third-order valence-corrected chi connectivity index (χ3v) is 8.10. The van der Waals surface area contributed by atoms with Crippen LogP contribution in [0.25, 0.3) is 0 Å². The Bertz CT molecular complexity index is 1410. The SMILES string of the molecule is CCC(C)(C)c1ccc2c(c1)N(Cc1ccc(C(=O)N3CCN(c4ccc([N+](=O)[O-])cc4)CC3)cc1)C(=O)CO2. The Labute approximate surface area is 234 Å². The third kappa shape index (κ3) is 5.50. The van der Waals surface area contributed by atoms with Crippen molar-refractivity contribution in [2.45, 2.75) is 39.2 Å². The van der Waals surface area contributed by atoms with Gasteiger partial charge in [0.05, 0.1) is 17.2 Å². The zero-order chi connectivity index (χ0) is 28.4. The minimum Gasteiger partial charge on any atom is -0.482 e. The lowest BCUT2D eigenvalue weighted by molar-refractivity contribution is -0.384. The largest absolute Gasteiger partial charge is 0.482 e. The van der Waals surface area contributed by atoms with Crippen LogP contribution >= 0.6 is 0 Å². The Balaban J connectivity index is 1.23. The quantitative estimate of drug-likeness (QED) is 0.302. The van der Waals surface area contributed by atoms with Gasteiger partial charge in [0.25, 0.3) is 17.5 Å². The van der Waals surface area contributed by atoms with E-state index in [0.717, 1.165) is 28.9 Å². The van der Waals surface area contributed by atoms with E-state index in [9.17, 15) is 19.7 Å². The highest BCUT2D eigenvalue weighted by Crippen LogP contribution is 2.38. The fourth-order valence-corrected chi connectivity index (χ4v) is 5.07. The molecule has 3 aromatic rings. The number of hydrogen-bond donors (Lipinski definition) is 0. The van der Waals surface area contributed by atoms with Crippen molar-refractivity contribution < 1.29 is 19.2 Å². The molecule has 9 nitrogen and oxygen atoms in total. The van der Waals surface area contributed by atoms with Crippen LogP contribution in [-0.4, -0.2) is 54.4 Å². The van der Waals surface area contributed by atoms with Gasteiger partial charge in [-0.2, -0.15) is 0 Å². The van der Waals surface area contributed by atoms with E-state index in [0.29, 0.717) is 44.0 Å². The Morgan fingerprint density at radius 1 is 0.975 bits per heavy atom. The molecular weight excluding hydrogens is 508 g/mol. The average Bonchev–Trinajstić information content (AvgIpc) is 2.98. The zero-order valence-corrected chi connectivity index (χ0v) is 23.1.